The minimum Gasteiger partial charge on any atom is -0.462 e. The van der Waals surface area contributed by atoms with Gasteiger partial charge in [-0.15, -0.1) is 0 Å². The molecule has 0 saturated carbocycles. The molecular weight excluding hydrogens is 999 g/mol. The number of nitrogens with two attached hydrogens (primary N) is 2. The molecule has 0 aliphatic carbocycles. The Morgan fingerprint density at radius 1 is 0.636 bits per heavy atom. The van der Waals surface area contributed by atoms with Gasteiger partial charge in [0, 0.05) is 24.8 Å². The molecule has 20 heteroatoms. The van der Waals surface area contributed by atoms with Crippen molar-refractivity contribution in [2.24, 2.45) is 40.1 Å². The second-order valence-corrected chi connectivity index (χ2v) is 22.9. The molecule has 2 heterocycles. The average Bonchev–Trinajstić information content (AvgIpc) is 3.64. The number of allylic oxidation sites excluding steroid dienone is 1. The van der Waals surface area contributed by atoms with Gasteiger partial charge in [0.2, 0.25) is 0 Å². The van der Waals surface area contributed by atoms with Gasteiger partial charge in [-0.1, -0.05) is 77.5 Å². The van der Waals surface area contributed by atoms with Gasteiger partial charge < -0.3 is 92.1 Å². The predicted molar refractivity (Wildman–Crippen MR) is 294 cm³/mol. The molecule has 77 heavy (non-hydrogen) atoms. The molecule has 452 valence electrons. The maximum atomic E-state index is 14.2. The van der Waals surface area contributed by atoms with E-state index in [1.54, 1.807) is 6.92 Å². The Hall–Kier alpha value is -2.38. The van der Waals surface area contributed by atoms with Crippen molar-refractivity contribution >= 4 is 11.9 Å². The highest BCUT2D eigenvalue weighted by Gasteiger charge is 2.45. The number of hydrogen-bond donors (Lipinski definition) is 15. The van der Waals surface area contributed by atoms with Gasteiger partial charge in [-0.25, -0.2) is 0 Å². The van der Waals surface area contributed by atoms with E-state index in [1.807, 2.05) is 33.8 Å². The van der Waals surface area contributed by atoms with Crippen molar-refractivity contribution in [2.75, 3.05) is 13.2 Å². The lowest BCUT2D eigenvalue weighted by Crippen LogP contribution is -2.41. The van der Waals surface area contributed by atoms with Crippen LogP contribution in [-0.2, 0) is 19.0 Å². The first-order valence-corrected chi connectivity index (χ1v) is 29.1. The van der Waals surface area contributed by atoms with Gasteiger partial charge in [0.25, 0.3) is 0 Å². The molecule has 1 fully saturated rings. The molecule has 2 aliphatic rings. The van der Waals surface area contributed by atoms with Crippen LogP contribution in [0.15, 0.2) is 28.3 Å². The van der Waals surface area contributed by atoms with Crippen molar-refractivity contribution in [3.8, 4) is 0 Å². The molecule has 17 N–H and O–H groups in total. The van der Waals surface area contributed by atoms with Gasteiger partial charge in [0.1, 0.15) is 30.5 Å². The third-order valence-corrected chi connectivity index (χ3v) is 15.8. The minimum atomic E-state index is -1.59. The molecule has 0 spiro atoms. The average molecular weight is 1110 g/mol. The maximum absolute atomic E-state index is 14.2. The quantitative estimate of drug-likeness (QED) is 0.0439. The van der Waals surface area contributed by atoms with E-state index in [0.717, 1.165) is 24.8 Å². The number of guanidine groups is 1. The third kappa shape index (κ3) is 27.8. The second kappa shape index (κ2) is 38.3. The van der Waals surface area contributed by atoms with Crippen LogP contribution in [-0.4, -0.2) is 189 Å². The van der Waals surface area contributed by atoms with E-state index in [9.17, 15) is 71.2 Å². The first kappa shape index (κ1) is 70.7. The number of hydrogen-bond acceptors (Lipinski definition) is 18. The van der Waals surface area contributed by atoms with Crippen molar-refractivity contribution in [2.45, 2.75) is 287 Å². The SMILES string of the molecule is CCCCCCC1C(=O)OC(CCCN=C(N)N)C(C)C(O)C(C)/C=C(\C)CCCCC(O)CC(O)CC(O)CC(O)CC(O)C(OC2O[C@H](CO)[C@@H](O)[C@@H]2O)/C=C(\C)C(O)CCCC(O)CCCC(O)CCC(C)C1O. The summed E-state index contributed by atoms with van der Waals surface area (Å²) in [6, 6.07) is 0. The summed E-state index contributed by atoms with van der Waals surface area (Å²) in [5.41, 5.74) is 12.5. The van der Waals surface area contributed by atoms with Gasteiger partial charge in [0.15, 0.2) is 12.2 Å². The van der Waals surface area contributed by atoms with Crippen LogP contribution in [0.1, 0.15) is 189 Å². The molecule has 2 rings (SSSR count). The number of carbonyl (C=O) groups is 1. The molecule has 2 aliphatic heterocycles. The summed E-state index contributed by atoms with van der Waals surface area (Å²) in [6.07, 6.45) is -5.23. The van der Waals surface area contributed by atoms with Gasteiger partial charge in [-0.2, -0.15) is 0 Å². The lowest BCUT2D eigenvalue weighted by molar-refractivity contribution is -0.202. The Kier molecular flexibility index (Phi) is 35.2. The lowest BCUT2D eigenvalue weighted by atomic mass is 9.84. The molecule has 0 bridgehead atoms. The van der Waals surface area contributed by atoms with Crippen LogP contribution in [0.5, 0.6) is 0 Å². The number of aliphatic hydroxyl groups is 13. The molecule has 0 aromatic rings. The van der Waals surface area contributed by atoms with Gasteiger partial charge in [-0.05, 0) is 134 Å². The summed E-state index contributed by atoms with van der Waals surface area (Å²) in [7, 11) is 0. The van der Waals surface area contributed by atoms with Gasteiger partial charge in [0.05, 0.1) is 73.6 Å². The molecule has 0 aromatic heterocycles. The van der Waals surface area contributed by atoms with Crippen molar-refractivity contribution in [3.05, 3.63) is 23.3 Å². The molecular formula is C57H107N3O17. The number of esters is 1. The van der Waals surface area contributed by atoms with Crippen molar-refractivity contribution in [1.29, 1.82) is 0 Å². The highest BCUT2D eigenvalue weighted by atomic mass is 16.7. The van der Waals surface area contributed by atoms with Gasteiger partial charge in [-0.3, -0.25) is 9.79 Å². The molecule has 0 radical (unpaired) electrons. The number of carbonyl (C=O) groups excluding carboxylic acids is 1. The smallest absolute Gasteiger partial charge is 0.311 e. The summed E-state index contributed by atoms with van der Waals surface area (Å²) in [4.78, 5) is 18.3. The van der Waals surface area contributed by atoms with Crippen molar-refractivity contribution in [1.82, 2.24) is 0 Å². The Balaban J connectivity index is 2.34. The first-order chi connectivity index (χ1) is 36.4. The zero-order valence-corrected chi connectivity index (χ0v) is 47.4. The van der Waals surface area contributed by atoms with Crippen molar-refractivity contribution < 1.29 is 85.4 Å². The van der Waals surface area contributed by atoms with E-state index >= 15 is 0 Å². The maximum Gasteiger partial charge on any atom is 0.311 e. The van der Waals surface area contributed by atoms with Crippen LogP contribution >= 0.6 is 0 Å². The highest BCUT2D eigenvalue weighted by Crippen LogP contribution is 2.31. The number of cyclic esters (lactones) is 1. The highest BCUT2D eigenvalue weighted by molar-refractivity contribution is 5.75. The first-order valence-electron chi connectivity index (χ1n) is 29.1. The Labute approximate surface area is 459 Å². The largest absolute Gasteiger partial charge is 0.462 e. The Morgan fingerprint density at radius 3 is 1.84 bits per heavy atom. The van der Waals surface area contributed by atoms with E-state index in [1.165, 1.54) is 6.08 Å². The number of unbranched alkanes of at least 4 members (excludes halogenated alkanes) is 3. The summed E-state index contributed by atoms with van der Waals surface area (Å²) in [5, 5.41) is 142. The zero-order valence-electron chi connectivity index (χ0n) is 47.4. The van der Waals surface area contributed by atoms with Crippen LogP contribution in [0.2, 0.25) is 0 Å². The number of aliphatic imine (C=N–C) groups is 1. The van der Waals surface area contributed by atoms with Crippen LogP contribution in [0, 0.1) is 23.7 Å². The van der Waals surface area contributed by atoms with Crippen LogP contribution in [0.25, 0.3) is 0 Å². The van der Waals surface area contributed by atoms with Crippen molar-refractivity contribution in [3.63, 3.8) is 0 Å². The number of aliphatic hydroxyl groups excluding tert-OH is 13. The standard InChI is InChI=1S/C57H107N3O17/c1-7-8-9-10-21-45-52(71)35(3)24-25-40(63)19-13-18-39(62)20-14-22-46(68)36(4)28-49(76-56-54(73)53(72)50(33-61)77-56)47(69)32-44(67)31-43(66)30-42(65)29-41(64)17-12-11-16-34(2)27-37(5)51(70)38(6)48(75-55(45)74)23-15-26-60-57(58)59/h27-28,35,37-54,56,61-73H,7-26,29-33H2,1-6H3,(H4,58,59,60)/b34-27+,36-28+/t35?,37?,38?,39?,40?,41?,42?,43?,44?,45?,46?,47?,48?,49?,50-,51?,52?,53-,54+,56?/m1/s1. The molecule has 1 saturated heterocycles. The fraction of sp³-hybridized carbons (Fsp3) is 0.895. The Morgan fingerprint density at radius 2 is 1.23 bits per heavy atom. The molecule has 17 unspecified atom stereocenters. The van der Waals surface area contributed by atoms with E-state index in [4.69, 9.17) is 25.7 Å². The van der Waals surface area contributed by atoms with E-state index in [-0.39, 0.29) is 49.9 Å². The number of rotatable bonds is 12. The summed E-state index contributed by atoms with van der Waals surface area (Å²) in [6.45, 7) is 10.9. The number of ether oxygens (including phenoxy) is 3. The summed E-state index contributed by atoms with van der Waals surface area (Å²) >= 11 is 0. The zero-order chi connectivity index (χ0) is 57.8. The van der Waals surface area contributed by atoms with E-state index in [0.29, 0.717) is 108 Å². The minimum absolute atomic E-state index is 0.0171. The normalized spacial score (nSPS) is 39.4. The predicted octanol–water partition coefficient (Wildman–Crippen LogP) is 3.03. The second-order valence-electron chi connectivity index (χ2n) is 22.9. The van der Waals surface area contributed by atoms with E-state index < -0.39 is 122 Å². The molecule has 0 aromatic carbocycles. The lowest BCUT2D eigenvalue weighted by Gasteiger charge is -2.33. The topological polar surface area (TPSA) is 372 Å². The van der Waals surface area contributed by atoms with E-state index in [2.05, 4.69) is 11.9 Å². The fourth-order valence-corrected chi connectivity index (χ4v) is 10.7. The van der Waals surface area contributed by atoms with Crippen LogP contribution in [0.4, 0.5) is 0 Å². The molecule has 0 amide bonds. The monoisotopic (exact) mass is 1110 g/mol. The third-order valence-electron chi connectivity index (χ3n) is 15.8. The fourth-order valence-electron chi connectivity index (χ4n) is 10.7. The van der Waals surface area contributed by atoms with Crippen LogP contribution in [0.3, 0.4) is 0 Å². The summed E-state index contributed by atoms with van der Waals surface area (Å²) < 4.78 is 17.7. The molecule has 20 nitrogen and oxygen atoms in total. The number of nitrogens with zero attached hydrogens (tertiary/aromatic N) is 1. The van der Waals surface area contributed by atoms with Gasteiger partial charge >= 0.3 is 5.97 Å². The molecule has 20 atom stereocenters. The Bertz CT molecular complexity index is 1670. The van der Waals surface area contributed by atoms with Crippen LogP contribution < -0.4 is 11.5 Å². The summed E-state index contributed by atoms with van der Waals surface area (Å²) in [5.74, 6) is -2.62.